The van der Waals surface area contributed by atoms with Crippen molar-refractivity contribution in [3.63, 3.8) is 0 Å². The Labute approximate surface area is 169 Å². The highest BCUT2D eigenvalue weighted by Gasteiger charge is 2.16. The summed E-state index contributed by atoms with van der Waals surface area (Å²) in [7, 11) is -3.79. The van der Waals surface area contributed by atoms with Crippen LogP contribution in [0.15, 0.2) is 83.8 Å². The van der Waals surface area contributed by atoms with Crippen LogP contribution in [0.2, 0.25) is 0 Å². The van der Waals surface area contributed by atoms with Gasteiger partial charge in [0.1, 0.15) is 0 Å². The van der Waals surface area contributed by atoms with Crippen molar-refractivity contribution in [2.24, 2.45) is 0 Å². The summed E-state index contributed by atoms with van der Waals surface area (Å²) in [6, 6.07) is 22.0. The van der Waals surface area contributed by atoms with Crippen molar-refractivity contribution in [2.45, 2.75) is 24.7 Å². The van der Waals surface area contributed by atoms with E-state index in [9.17, 15) is 18.5 Å². The second-order valence-electron chi connectivity index (χ2n) is 6.32. The number of non-ortho nitro benzene ring substituents is 1. The normalized spacial score (nSPS) is 11.3. The lowest BCUT2D eigenvalue weighted by atomic mass is 10.1. The third-order valence-electron chi connectivity index (χ3n) is 4.30. The molecule has 3 rings (SSSR count). The van der Waals surface area contributed by atoms with E-state index in [0.29, 0.717) is 13.2 Å². The van der Waals surface area contributed by atoms with Crippen LogP contribution < -0.4 is 4.72 Å². The molecule has 0 aliphatic carbocycles. The number of nitrogens with one attached hydrogen (secondary N) is 1. The number of hydrogen-bond donors (Lipinski definition) is 1. The van der Waals surface area contributed by atoms with Crippen molar-refractivity contribution >= 4 is 15.7 Å². The molecule has 0 fully saturated rings. The second-order valence-corrected chi connectivity index (χ2v) is 8.09. The standard InChI is InChI=1S/C21H20N2O5S/c24-23(25)20-10-12-21(13-11-20)29(26,27)22-14-18-8-4-5-9-19(18)16-28-15-17-6-2-1-3-7-17/h1-13,22H,14-16H2. The number of benzene rings is 3. The highest BCUT2D eigenvalue weighted by atomic mass is 32.2. The number of nitrogens with zero attached hydrogens (tertiary/aromatic N) is 1. The number of ether oxygens (including phenoxy) is 1. The van der Waals surface area contributed by atoms with Crippen LogP contribution in [0.4, 0.5) is 5.69 Å². The van der Waals surface area contributed by atoms with Gasteiger partial charge in [0.05, 0.1) is 23.0 Å². The summed E-state index contributed by atoms with van der Waals surface area (Å²) in [5.41, 5.74) is 2.58. The van der Waals surface area contributed by atoms with Gasteiger partial charge in [0.15, 0.2) is 0 Å². The van der Waals surface area contributed by atoms with Gasteiger partial charge in [-0.3, -0.25) is 10.1 Å². The van der Waals surface area contributed by atoms with Crippen LogP contribution in [0, 0.1) is 10.1 Å². The summed E-state index contributed by atoms with van der Waals surface area (Å²) in [5.74, 6) is 0. The molecule has 150 valence electrons. The summed E-state index contributed by atoms with van der Waals surface area (Å²) in [6.07, 6.45) is 0. The smallest absolute Gasteiger partial charge is 0.269 e. The van der Waals surface area contributed by atoms with E-state index in [2.05, 4.69) is 4.72 Å². The van der Waals surface area contributed by atoms with Crippen LogP contribution in [0.1, 0.15) is 16.7 Å². The first-order valence-corrected chi connectivity index (χ1v) is 10.4. The molecule has 7 nitrogen and oxygen atoms in total. The maximum atomic E-state index is 12.5. The molecule has 0 heterocycles. The van der Waals surface area contributed by atoms with Crippen LogP contribution in [-0.4, -0.2) is 13.3 Å². The third-order valence-corrected chi connectivity index (χ3v) is 5.72. The first-order chi connectivity index (χ1) is 14.0. The van der Waals surface area contributed by atoms with Crippen molar-refractivity contribution in [1.29, 1.82) is 0 Å². The molecule has 0 aliphatic heterocycles. The lowest BCUT2D eigenvalue weighted by Crippen LogP contribution is -2.23. The number of sulfonamides is 1. The highest BCUT2D eigenvalue weighted by molar-refractivity contribution is 7.89. The molecule has 0 unspecified atom stereocenters. The minimum Gasteiger partial charge on any atom is -0.372 e. The van der Waals surface area contributed by atoms with Gasteiger partial charge in [-0.1, -0.05) is 54.6 Å². The minimum atomic E-state index is -3.79. The van der Waals surface area contributed by atoms with Gasteiger partial charge in [-0.25, -0.2) is 13.1 Å². The Morgan fingerprint density at radius 1 is 0.828 bits per heavy atom. The molecule has 3 aromatic rings. The Morgan fingerprint density at radius 2 is 1.45 bits per heavy atom. The molecule has 0 radical (unpaired) electrons. The monoisotopic (exact) mass is 412 g/mol. The molecule has 3 aromatic carbocycles. The van der Waals surface area contributed by atoms with Gasteiger partial charge >= 0.3 is 0 Å². The lowest BCUT2D eigenvalue weighted by molar-refractivity contribution is -0.384. The number of hydrogen-bond acceptors (Lipinski definition) is 5. The summed E-state index contributed by atoms with van der Waals surface area (Å²) in [4.78, 5) is 10.1. The highest BCUT2D eigenvalue weighted by Crippen LogP contribution is 2.17. The largest absolute Gasteiger partial charge is 0.372 e. The van der Waals surface area contributed by atoms with Crippen molar-refractivity contribution in [3.05, 3.63) is 106 Å². The van der Waals surface area contributed by atoms with E-state index in [1.807, 2.05) is 54.6 Å². The Balaban J connectivity index is 1.63. The lowest BCUT2D eigenvalue weighted by Gasteiger charge is -2.12. The summed E-state index contributed by atoms with van der Waals surface area (Å²) in [6.45, 7) is 0.901. The molecule has 0 saturated heterocycles. The molecule has 1 N–H and O–H groups in total. The van der Waals surface area contributed by atoms with Crippen molar-refractivity contribution < 1.29 is 18.1 Å². The average molecular weight is 412 g/mol. The minimum absolute atomic E-state index is 0.0269. The van der Waals surface area contributed by atoms with Crippen LogP contribution in [0.5, 0.6) is 0 Å². The molecule has 0 saturated carbocycles. The number of rotatable bonds is 9. The van der Waals surface area contributed by atoms with Gasteiger partial charge in [0.2, 0.25) is 10.0 Å². The summed E-state index contributed by atoms with van der Waals surface area (Å²) < 4.78 is 33.3. The predicted octanol–water partition coefficient (Wildman–Crippen LogP) is 3.79. The Kier molecular flexibility index (Phi) is 6.71. The quantitative estimate of drug-likeness (QED) is 0.426. The fourth-order valence-corrected chi connectivity index (χ4v) is 3.73. The van der Waals surface area contributed by atoms with E-state index in [-0.39, 0.29) is 17.1 Å². The SMILES string of the molecule is O=[N+]([O-])c1ccc(S(=O)(=O)NCc2ccccc2COCc2ccccc2)cc1. The fourth-order valence-electron chi connectivity index (χ4n) is 2.73. The first kappa shape index (κ1) is 20.7. The average Bonchev–Trinajstić information content (AvgIpc) is 2.74. The zero-order valence-electron chi connectivity index (χ0n) is 15.5. The summed E-state index contributed by atoms with van der Waals surface area (Å²) in [5, 5.41) is 10.7. The van der Waals surface area contributed by atoms with Gasteiger partial charge < -0.3 is 4.74 Å². The van der Waals surface area contributed by atoms with E-state index in [4.69, 9.17) is 4.74 Å². The topological polar surface area (TPSA) is 98.5 Å². The zero-order valence-corrected chi connectivity index (χ0v) is 16.3. The van der Waals surface area contributed by atoms with Crippen LogP contribution in [-0.2, 0) is 34.5 Å². The van der Waals surface area contributed by atoms with Crippen LogP contribution in [0.3, 0.4) is 0 Å². The van der Waals surface area contributed by atoms with E-state index in [1.165, 1.54) is 24.3 Å². The zero-order chi connectivity index (χ0) is 20.7. The molecule has 0 bridgehead atoms. The van der Waals surface area contributed by atoms with Gasteiger partial charge in [-0.05, 0) is 28.8 Å². The Hall–Kier alpha value is -3.07. The maximum Gasteiger partial charge on any atom is 0.269 e. The molecule has 0 atom stereocenters. The van der Waals surface area contributed by atoms with E-state index >= 15 is 0 Å². The van der Waals surface area contributed by atoms with Gasteiger partial charge in [-0.15, -0.1) is 0 Å². The third kappa shape index (κ3) is 5.71. The molecule has 8 heteroatoms. The van der Waals surface area contributed by atoms with Gasteiger partial charge in [0, 0.05) is 18.7 Å². The molecular weight excluding hydrogens is 392 g/mol. The molecule has 0 aliphatic rings. The maximum absolute atomic E-state index is 12.5. The molecule has 0 aromatic heterocycles. The fraction of sp³-hybridized carbons (Fsp3) is 0.143. The van der Waals surface area contributed by atoms with Gasteiger partial charge in [-0.2, -0.15) is 0 Å². The molecular formula is C21H20N2O5S. The second kappa shape index (κ2) is 9.42. The van der Waals surface area contributed by atoms with Crippen molar-refractivity contribution in [2.75, 3.05) is 0 Å². The van der Waals surface area contributed by atoms with Gasteiger partial charge in [0.25, 0.3) is 5.69 Å². The Morgan fingerprint density at radius 3 is 2.10 bits per heavy atom. The number of nitro benzene ring substituents is 1. The van der Waals surface area contributed by atoms with Crippen molar-refractivity contribution in [3.8, 4) is 0 Å². The van der Waals surface area contributed by atoms with E-state index in [0.717, 1.165) is 16.7 Å². The first-order valence-electron chi connectivity index (χ1n) is 8.88. The van der Waals surface area contributed by atoms with E-state index < -0.39 is 14.9 Å². The molecule has 29 heavy (non-hydrogen) atoms. The Bertz CT molecular complexity index is 1070. The van der Waals surface area contributed by atoms with Crippen molar-refractivity contribution in [1.82, 2.24) is 4.72 Å². The van der Waals surface area contributed by atoms with E-state index in [1.54, 1.807) is 0 Å². The molecule has 0 amide bonds. The number of nitro groups is 1. The summed E-state index contributed by atoms with van der Waals surface area (Å²) >= 11 is 0. The van der Waals surface area contributed by atoms with Crippen LogP contribution >= 0.6 is 0 Å². The predicted molar refractivity (Wildman–Crippen MR) is 108 cm³/mol. The van der Waals surface area contributed by atoms with Crippen LogP contribution in [0.25, 0.3) is 0 Å². The molecule has 0 spiro atoms.